The minimum atomic E-state index is -0.898. The number of aryl methyl sites for hydroxylation is 2. The van der Waals surface area contributed by atoms with Gasteiger partial charge in [-0.25, -0.2) is 9.78 Å². The lowest BCUT2D eigenvalue weighted by molar-refractivity contribution is 0.0694. The molecule has 0 aliphatic rings. The lowest BCUT2D eigenvalue weighted by Gasteiger charge is -2.08. The SMILES string of the molecule is Cc1cc2nc3ccccc3n2c(C)c1C(=O)O. The van der Waals surface area contributed by atoms with Gasteiger partial charge >= 0.3 is 5.97 Å². The van der Waals surface area contributed by atoms with Crippen molar-refractivity contribution in [3.8, 4) is 0 Å². The van der Waals surface area contributed by atoms with Gasteiger partial charge in [-0.2, -0.15) is 0 Å². The molecular weight excluding hydrogens is 228 g/mol. The molecule has 0 aliphatic heterocycles. The molecule has 0 aliphatic carbocycles. The minimum absolute atomic E-state index is 0.352. The lowest BCUT2D eigenvalue weighted by atomic mass is 10.1. The van der Waals surface area contributed by atoms with Gasteiger partial charge < -0.3 is 5.11 Å². The molecule has 0 bridgehead atoms. The van der Waals surface area contributed by atoms with Crippen molar-refractivity contribution in [2.75, 3.05) is 0 Å². The Labute approximate surface area is 104 Å². The molecule has 2 heterocycles. The number of aromatic nitrogens is 2. The minimum Gasteiger partial charge on any atom is -0.478 e. The van der Waals surface area contributed by atoms with Crippen molar-refractivity contribution >= 4 is 22.6 Å². The summed E-state index contributed by atoms with van der Waals surface area (Å²) < 4.78 is 1.89. The number of aromatic carboxylic acids is 1. The highest BCUT2D eigenvalue weighted by Gasteiger charge is 2.16. The summed E-state index contributed by atoms with van der Waals surface area (Å²) in [6.07, 6.45) is 0. The molecule has 1 aromatic carbocycles. The second-order valence-electron chi connectivity index (χ2n) is 4.39. The van der Waals surface area contributed by atoms with Gasteiger partial charge in [0, 0.05) is 5.69 Å². The van der Waals surface area contributed by atoms with Crippen LogP contribution in [0.15, 0.2) is 30.3 Å². The molecule has 2 aromatic heterocycles. The van der Waals surface area contributed by atoms with Crippen LogP contribution in [0.1, 0.15) is 21.6 Å². The summed E-state index contributed by atoms with van der Waals surface area (Å²) in [5.74, 6) is -0.898. The zero-order chi connectivity index (χ0) is 12.9. The molecule has 0 unspecified atom stereocenters. The molecule has 0 atom stereocenters. The summed E-state index contributed by atoms with van der Waals surface area (Å²) in [5, 5.41) is 9.28. The first kappa shape index (κ1) is 10.8. The van der Waals surface area contributed by atoms with E-state index in [1.54, 1.807) is 6.92 Å². The smallest absolute Gasteiger partial charge is 0.337 e. The highest BCUT2D eigenvalue weighted by Crippen LogP contribution is 2.23. The number of imidazole rings is 1. The molecule has 4 heteroatoms. The first-order chi connectivity index (χ1) is 8.59. The van der Waals surface area contributed by atoms with Gasteiger partial charge in [0.15, 0.2) is 0 Å². The van der Waals surface area contributed by atoms with Crippen LogP contribution in [0.4, 0.5) is 0 Å². The fraction of sp³-hybridized carbons (Fsp3) is 0.143. The molecule has 3 rings (SSSR count). The van der Waals surface area contributed by atoms with E-state index in [9.17, 15) is 9.90 Å². The number of benzene rings is 1. The molecule has 0 amide bonds. The van der Waals surface area contributed by atoms with Crippen LogP contribution in [-0.2, 0) is 0 Å². The van der Waals surface area contributed by atoms with Crippen molar-refractivity contribution < 1.29 is 9.90 Å². The number of carbonyl (C=O) groups is 1. The Morgan fingerprint density at radius 1 is 1.28 bits per heavy atom. The first-order valence-electron chi connectivity index (χ1n) is 5.70. The molecule has 1 N–H and O–H groups in total. The normalized spacial score (nSPS) is 11.2. The maximum atomic E-state index is 11.3. The van der Waals surface area contributed by atoms with E-state index < -0.39 is 5.97 Å². The number of hydrogen-bond donors (Lipinski definition) is 1. The number of pyridine rings is 1. The number of carboxylic acid groups (broad SMARTS) is 1. The summed E-state index contributed by atoms with van der Waals surface area (Å²) in [6.45, 7) is 3.62. The second kappa shape index (κ2) is 3.57. The fourth-order valence-electron chi connectivity index (χ4n) is 2.48. The molecule has 4 nitrogen and oxygen atoms in total. The fourth-order valence-corrected chi connectivity index (χ4v) is 2.48. The van der Waals surface area contributed by atoms with Crippen LogP contribution in [0.2, 0.25) is 0 Å². The third-order valence-corrected chi connectivity index (χ3v) is 3.24. The van der Waals surface area contributed by atoms with E-state index in [1.807, 2.05) is 41.7 Å². The van der Waals surface area contributed by atoms with E-state index in [-0.39, 0.29) is 0 Å². The number of fused-ring (bicyclic) bond motifs is 3. The van der Waals surface area contributed by atoms with E-state index in [0.717, 1.165) is 22.2 Å². The maximum Gasteiger partial charge on any atom is 0.337 e. The van der Waals surface area contributed by atoms with Crippen LogP contribution in [0.25, 0.3) is 16.7 Å². The van der Waals surface area contributed by atoms with E-state index in [1.165, 1.54) is 0 Å². The Hall–Kier alpha value is -2.36. The molecule has 0 saturated heterocycles. The van der Waals surface area contributed by atoms with Crippen LogP contribution in [-0.4, -0.2) is 20.5 Å². The van der Waals surface area contributed by atoms with Gasteiger partial charge in [0.2, 0.25) is 0 Å². The van der Waals surface area contributed by atoms with E-state index in [2.05, 4.69) is 4.98 Å². The van der Waals surface area contributed by atoms with Crippen LogP contribution in [0.5, 0.6) is 0 Å². The van der Waals surface area contributed by atoms with Gasteiger partial charge in [-0.15, -0.1) is 0 Å². The number of para-hydroxylation sites is 2. The number of carboxylic acids is 1. The third kappa shape index (κ3) is 1.32. The van der Waals surface area contributed by atoms with Crippen molar-refractivity contribution in [1.82, 2.24) is 9.38 Å². The standard InChI is InChI=1S/C14H12N2O2/c1-8-7-12-15-10-5-3-4-6-11(10)16(12)9(2)13(8)14(17)18/h3-7H,1-2H3,(H,17,18). The van der Waals surface area contributed by atoms with E-state index >= 15 is 0 Å². The molecule has 0 spiro atoms. The Morgan fingerprint density at radius 3 is 2.72 bits per heavy atom. The molecule has 0 fully saturated rings. The van der Waals surface area contributed by atoms with Gasteiger partial charge in [0.1, 0.15) is 5.65 Å². The summed E-state index contributed by atoms with van der Waals surface area (Å²) in [7, 11) is 0. The molecular formula is C14H12N2O2. The largest absolute Gasteiger partial charge is 0.478 e. The topological polar surface area (TPSA) is 54.6 Å². The zero-order valence-electron chi connectivity index (χ0n) is 10.1. The summed E-state index contributed by atoms with van der Waals surface area (Å²) >= 11 is 0. The van der Waals surface area contributed by atoms with Gasteiger partial charge in [-0.05, 0) is 37.6 Å². The Morgan fingerprint density at radius 2 is 2.00 bits per heavy atom. The average molecular weight is 240 g/mol. The first-order valence-corrected chi connectivity index (χ1v) is 5.70. The summed E-state index contributed by atoms with van der Waals surface area (Å²) in [6, 6.07) is 9.54. The Balaban J connectivity index is 2.56. The predicted octanol–water partition coefficient (Wildman–Crippen LogP) is 2.80. The molecule has 0 radical (unpaired) electrons. The van der Waals surface area contributed by atoms with Gasteiger partial charge in [0.25, 0.3) is 0 Å². The average Bonchev–Trinajstić information content (AvgIpc) is 2.66. The van der Waals surface area contributed by atoms with Crippen LogP contribution in [0, 0.1) is 13.8 Å². The van der Waals surface area contributed by atoms with Gasteiger partial charge in [-0.1, -0.05) is 12.1 Å². The van der Waals surface area contributed by atoms with Crippen molar-refractivity contribution in [1.29, 1.82) is 0 Å². The second-order valence-corrected chi connectivity index (χ2v) is 4.39. The van der Waals surface area contributed by atoms with Crippen molar-refractivity contribution in [2.24, 2.45) is 0 Å². The predicted molar refractivity (Wildman–Crippen MR) is 69.1 cm³/mol. The highest BCUT2D eigenvalue weighted by atomic mass is 16.4. The molecule has 3 aromatic rings. The van der Waals surface area contributed by atoms with Crippen molar-refractivity contribution in [3.05, 3.63) is 47.2 Å². The van der Waals surface area contributed by atoms with E-state index in [0.29, 0.717) is 11.3 Å². The Bertz CT molecular complexity index is 787. The quantitative estimate of drug-likeness (QED) is 0.711. The third-order valence-electron chi connectivity index (χ3n) is 3.24. The molecule has 0 saturated carbocycles. The van der Waals surface area contributed by atoms with Crippen LogP contribution in [0.3, 0.4) is 0 Å². The molecule has 18 heavy (non-hydrogen) atoms. The highest BCUT2D eigenvalue weighted by molar-refractivity contribution is 5.92. The van der Waals surface area contributed by atoms with Crippen LogP contribution >= 0.6 is 0 Å². The Kier molecular flexibility index (Phi) is 2.13. The van der Waals surface area contributed by atoms with Gasteiger partial charge in [-0.3, -0.25) is 4.40 Å². The summed E-state index contributed by atoms with van der Waals surface area (Å²) in [5.41, 5.74) is 4.41. The lowest BCUT2D eigenvalue weighted by Crippen LogP contribution is -2.07. The van der Waals surface area contributed by atoms with E-state index in [4.69, 9.17) is 0 Å². The van der Waals surface area contributed by atoms with Gasteiger partial charge in [0.05, 0.1) is 16.6 Å². The monoisotopic (exact) mass is 240 g/mol. The molecule has 90 valence electrons. The van der Waals surface area contributed by atoms with Crippen molar-refractivity contribution in [3.63, 3.8) is 0 Å². The zero-order valence-corrected chi connectivity index (χ0v) is 10.1. The number of rotatable bonds is 1. The van der Waals surface area contributed by atoms with Crippen molar-refractivity contribution in [2.45, 2.75) is 13.8 Å². The number of nitrogens with zero attached hydrogens (tertiary/aromatic N) is 2. The number of hydrogen-bond acceptors (Lipinski definition) is 2. The van der Waals surface area contributed by atoms with Crippen LogP contribution < -0.4 is 0 Å². The maximum absolute atomic E-state index is 11.3. The summed E-state index contributed by atoms with van der Waals surface area (Å²) in [4.78, 5) is 15.8.